The van der Waals surface area contributed by atoms with E-state index in [0.717, 1.165) is 12.1 Å². The fourth-order valence-corrected chi connectivity index (χ4v) is 2.80. The van der Waals surface area contributed by atoms with Crippen LogP contribution in [0.2, 0.25) is 0 Å². The van der Waals surface area contributed by atoms with Crippen molar-refractivity contribution >= 4 is 5.91 Å². The molecule has 1 aliphatic rings. The third-order valence-electron chi connectivity index (χ3n) is 3.97. The minimum Gasteiger partial charge on any atom is -0.493 e. The van der Waals surface area contributed by atoms with Crippen LogP contribution in [0, 0.1) is 5.92 Å². The van der Waals surface area contributed by atoms with Gasteiger partial charge in [-0.05, 0) is 30.7 Å². The molecule has 1 aromatic rings. The van der Waals surface area contributed by atoms with E-state index in [1.54, 1.807) is 14.2 Å². The number of ether oxygens (including phenoxy) is 2. The van der Waals surface area contributed by atoms with Crippen LogP contribution in [-0.2, 0) is 4.79 Å². The monoisotopic (exact) mass is 292 g/mol. The van der Waals surface area contributed by atoms with Crippen molar-refractivity contribution in [3.05, 3.63) is 23.8 Å². The lowest BCUT2D eigenvalue weighted by molar-refractivity contribution is -0.128. The Kier molecular flexibility index (Phi) is 5.07. The van der Waals surface area contributed by atoms with Crippen LogP contribution in [0.3, 0.4) is 0 Å². The van der Waals surface area contributed by atoms with Gasteiger partial charge in [-0.3, -0.25) is 4.79 Å². The number of nitrogens with zero attached hydrogens (tertiary/aromatic N) is 1. The van der Waals surface area contributed by atoms with E-state index in [4.69, 9.17) is 9.47 Å². The zero-order valence-corrected chi connectivity index (χ0v) is 13.2. The van der Waals surface area contributed by atoms with Crippen LogP contribution < -0.4 is 14.8 Å². The molecule has 2 atom stereocenters. The van der Waals surface area contributed by atoms with E-state index < -0.39 is 0 Å². The molecule has 1 heterocycles. The minimum atomic E-state index is 0.0825. The first-order valence-electron chi connectivity index (χ1n) is 7.26. The third kappa shape index (κ3) is 3.47. The van der Waals surface area contributed by atoms with Gasteiger partial charge in [-0.25, -0.2) is 0 Å². The van der Waals surface area contributed by atoms with Gasteiger partial charge in [-0.2, -0.15) is 0 Å². The molecule has 116 valence electrons. The summed E-state index contributed by atoms with van der Waals surface area (Å²) >= 11 is 0. The Morgan fingerprint density at radius 1 is 1.33 bits per heavy atom. The van der Waals surface area contributed by atoms with E-state index in [1.807, 2.05) is 30.1 Å². The molecule has 0 radical (unpaired) electrons. The van der Waals surface area contributed by atoms with Crippen molar-refractivity contribution in [3.63, 3.8) is 0 Å². The first-order chi connectivity index (χ1) is 10.1. The van der Waals surface area contributed by atoms with Crippen molar-refractivity contribution in [2.24, 2.45) is 5.92 Å². The number of hydrogen-bond donors (Lipinski definition) is 1. The average Bonchev–Trinajstić information content (AvgIpc) is 2.81. The summed E-state index contributed by atoms with van der Waals surface area (Å²) in [7, 11) is 5.16. The largest absolute Gasteiger partial charge is 0.493 e. The SMILES string of the molecule is CNC(CN1CC(C)CC1=O)c1ccc(OC)c(OC)c1. The Balaban J connectivity index is 2.15. The predicted octanol–water partition coefficient (Wildman–Crippen LogP) is 1.83. The van der Waals surface area contributed by atoms with Gasteiger partial charge in [0.15, 0.2) is 11.5 Å². The van der Waals surface area contributed by atoms with Crippen molar-refractivity contribution in [1.82, 2.24) is 10.2 Å². The molecule has 0 aromatic heterocycles. The molecule has 0 saturated carbocycles. The molecule has 1 aliphatic heterocycles. The summed E-state index contributed by atoms with van der Waals surface area (Å²) in [6, 6.07) is 5.95. The molecule has 2 unspecified atom stereocenters. The van der Waals surface area contributed by atoms with Gasteiger partial charge in [-0.1, -0.05) is 13.0 Å². The number of likely N-dealkylation sites (tertiary alicyclic amines) is 1. The molecular weight excluding hydrogens is 268 g/mol. The van der Waals surface area contributed by atoms with Gasteiger partial charge >= 0.3 is 0 Å². The van der Waals surface area contributed by atoms with E-state index in [0.29, 0.717) is 30.4 Å². The quantitative estimate of drug-likeness (QED) is 0.869. The lowest BCUT2D eigenvalue weighted by Gasteiger charge is -2.24. The Morgan fingerprint density at radius 3 is 2.57 bits per heavy atom. The molecule has 1 saturated heterocycles. The smallest absolute Gasteiger partial charge is 0.222 e. The maximum absolute atomic E-state index is 11.9. The number of nitrogens with one attached hydrogen (secondary N) is 1. The number of benzene rings is 1. The van der Waals surface area contributed by atoms with Crippen LogP contribution in [0.5, 0.6) is 11.5 Å². The number of likely N-dealkylation sites (N-methyl/N-ethyl adjacent to an activating group) is 1. The number of carbonyl (C=O) groups is 1. The average molecular weight is 292 g/mol. The van der Waals surface area contributed by atoms with Gasteiger partial charge in [0.25, 0.3) is 0 Å². The van der Waals surface area contributed by atoms with E-state index in [1.165, 1.54) is 0 Å². The summed E-state index contributed by atoms with van der Waals surface area (Å²) in [6.45, 7) is 3.63. The molecule has 1 aromatic carbocycles. The van der Waals surface area contributed by atoms with E-state index in [9.17, 15) is 4.79 Å². The topological polar surface area (TPSA) is 50.8 Å². The van der Waals surface area contributed by atoms with Crippen LogP contribution in [0.15, 0.2) is 18.2 Å². The normalized spacial score (nSPS) is 19.7. The fraction of sp³-hybridized carbons (Fsp3) is 0.562. The van der Waals surface area contributed by atoms with Gasteiger partial charge in [0.2, 0.25) is 5.91 Å². The first kappa shape index (κ1) is 15.6. The van der Waals surface area contributed by atoms with Gasteiger partial charge < -0.3 is 19.7 Å². The van der Waals surface area contributed by atoms with E-state index in [2.05, 4.69) is 12.2 Å². The van der Waals surface area contributed by atoms with Gasteiger partial charge in [0, 0.05) is 25.6 Å². The van der Waals surface area contributed by atoms with Crippen molar-refractivity contribution < 1.29 is 14.3 Å². The van der Waals surface area contributed by atoms with Gasteiger partial charge in [-0.15, -0.1) is 0 Å². The zero-order valence-electron chi connectivity index (χ0n) is 13.2. The number of methoxy groups -OCH3 is 2. The lowest BCUT2D eigenvalue weighted by atomic mass is 10.1. The summed E-state index contributed by atoms with van der Waals surface area (Å²) < 4.78 is 10.6. The molecule has 0 spiro atoms. The van der Waals surface area contributed by atoms with Crippen LogP contribution in [-0.4, -0.2) is 45.2 Å². The molecular formula is C16H24N2O3. The van der Waals surface area contributed by atoms with Crippen LogP contribution in [0.4, 0.5) is 0 Å². The third-order valence-corrected chi connectivity index (χ3v) is 3.97. The van der Waals surface area contributed by atoms with Crippen LogP contribution in [0.1, 0.15) is 24.9 Å². The Labute approximate surface area is 126 Å². The Hall–Kier alpha value is -1.75. The van der Waals surface area contributed by atoms with Crippen LogP contribution in [0.25, 0.3) is 0 Å². The zero-order chi connectivity index (χ0) is 15.4. The highest BCUT2D eigenvalue weighted by atomic mass is 16.5. The highest BCUT2D eigenvalue weighted by Crippen LogP contribution is 2.30. The molecule has 0 aliphatic carbocycles. The lowest BCUT2D eigenvalue weighted by Crippen LogP contribution is -2.34. The number of hydrogen-bond acceptors (Lipinski definition) is 4. The highest BCUT2D eigenvalue weighted by molar-refractivity contribution is 5.78. The van der Waals surface area contributed by atoms with E-state index in [-0.39, 0.29) is 11.9 Å². The first-order valence-corrected chi connectivity index (χ1v) is 7.26. The van der Waals surface area contributed by atoms with E-state index >= 15 is 0 Å². The number of amides is 1. The number of carbonyl (C=O) groups excluding carboxylic acids is 1. The van der Waals surface area contributed by atoms with Crippen molar-refractivity contribution in [2.45, 2.75) is 19.4 Å². The summed E-state index contributed by atoms with van der Waals surface area (Å²) in [5.74, 6) is 2.10. The second kappa shape index (κ2) is 6.80. The second-order valence-electron chi connectivity index (χ2n) is 5.56. The second-order valence-corrected chi connectivity index (χ2v) is 5.56. The Morgan fingerprint density at radius 2 is 2.05 bits per heavy atom. The van der Waals surface area contributed by atoms with Crippen molar-refractivity contribution in [3.8, 4) is 11.5 Å². The molecule has 1 amide bonds. The molecule has 21 heavy (non-hydrogen) atoms. The standard InChI is InChI=1S/C16H24N2O3/c1-11-7-16(19)18(9-11)10-13(17-2)12-5-6-14(20-3)15(8-12)21-4/h5-6,8,11,13,17H,7,9-10H2,1-4H3. The maximum Gasteiger partial charge on any atom is 0.222 e. The molecule has 0 bridgehead atoms. The Bertz CT molecular complexity index is 504. The fourth-order valence-electron chi connectivity index (χ4n) is 2.80. The number of rotatable bonds is 6. The molecule has 2 rings (SSSR count). The molecule has 5 heteroatoms. The summed E-state index contributed by atoms with van der Waals surface area (Å²) in [6.07, 6.45) is 0.655. The van der Waals surface area contributed by atoms with Gasteiger partial charge in [0.1, 0.15) is 0 Å². The molecule has 1 fully saturated rings. The van der Waals surface area contributed by atoms with Crippen molar-refractivity contribution in [2.75, 3.05) is 34.4 Å². The predicted molar refractivity (Wildman–Crippen MR) is 81.7 cm³/mol. The van der Waals surface area contributed by atoms with Gasteiger partial charge in [0.05, 0.1) is 14.2 Å². The summed E-state index contributed by atoms with van der Waals surface area (Å²) in [5, 5.41) is 3.28. The van der Waals surface area contributed by atoms with Crippen LogP contribution >= 0.6 is 0 Å². The maximum atomic E-state index is 11.9. The summed E-state index contributed by atoms with van der Waals surface area (Å²) in [5.41, 5.74) is 1.09. The molecule has 5 nitrogen and oxygen atoms in total. The molecule has 1 N–H and O–H groups in total. The summed E-state index contributed by atoms with van der Waals surface area (Å²) in [4.78, 5) is 13.9. The van der Waals surface area contributed by atoms with Crippen molar-refractivity contribution in [1.29, 1.82) is 0 Å². The highest BCUT2D eigenvalue weighted by Gasteiger charge is 2.28. The minimum absolute atomic E-state index is 0.0825.